The summed E-state index contributed by atoms with van der Waals surface area (Å²) in [5.74, 6) is -1.15. The van der Waals surface area contributed by atoms with E-state index in [0.717, 1.165) is 18.9 Å². The number of carbonyl (C=O) groups excluding carboxylic acids is 1. The van der Waals surface area contributed by atoms with Gasteiger partial charge in [0.2, 0.25) is 0 Å². The number of hydrogen-bond acceptors (Lipinski definition) is 3. The topological polar surface area (TPSA) is 50.1 Å². The van der Waals surface area contributed by atoms with E-state index >= 15 is 0 Å². The summed E-state index contributed by atoms with van der Waals surface area (Å²) >= 11 is 0. The number of rotatable bonds is 11. The van der Waals surface area contributed by atoms with Crippen LogP contribution in [-0.4, -0.2) is 5.97 Å². The molecule has 0 aliphatic carbocycles. The molecule has 148 valence electrons. The Labute approximate surface area is 167 Å². The Morgan fingerprint density at radius 2 is 1.61 bits per heavy atom. The Balaban J connectivity index is 1.75. The third kappa shape index (κ3) is 7.15. The van der Waals surface area contributed by atoms with E-state index in [1.165, 1.54) is 62.6 Å². The molecule has 0 bridgehead atoms. The lowest BCUT2D eigenvalue weighted by atomic mass is 10.0. The number of hydrogen-bond donors (Lipinski definition) is 0. The molecule has 4 heteroatoms. The molecule has 0 heterocycles. The molecule has 2 aromatic rings. The Kier molecular flexibility index (Phi) is 9.21. The van der Waals surface area contributed by atoms with Crippen molar-refractivity contribution in [3.05, 3.63) is 65.0 Å². The lowest BCUT2D eigenvalue weighted by Crippen LogP contribution is -2.08. The Morgan fingerprint density at radius 3 is 2.21 bits per heavy atom. The van der Waals surface area contributed by atoms with Crippen LogP contribution in [-0.2, 0) is 6.42 Å². The van der Waals surface area contributed by atoms with Crippen LogP contribution in [0.3, 0.4) is 0 Å². The summed E-state index contributed by atoms with van der Waals surface area (Å²) in [6.07, 6.45) is 11.3. The second-order valence-electron chi connectivity index (χ2n) is 7.06. The minimum atomic E-state index is -0.700. The van der Waals surface area contributed by atoms with Gasteiger partial charge in [0.25, 0.3) is 0 Å². The van der Waals surface area contributed by atoms with Crippen molar-refractivity contribution in [3.8, 4) is 11.8 Å². The van der Waals surface area contributed by atoms with Crippen LogP contribution in [0.1, 0.15) is 79.8 Å². The predicted octanol–water partition coefficient (Wildman–Crippen LogP) is 6.60. The van der Waals surface area contributed by atoms with Gasteiger partial charge in [-0.3, -0.25) is 0 Å². The highest BCUT2D eigenvalue weighted by atomic mass is 19.1. The van der Waals surface area contributed by atoms with Gasteiger partial charge in [0.15, 0.2) is 0 Å². The average Bonchev–Trinajstić information content (AvgIpc) is 2.70. The lowest BCUT2D eigenvalue weighted by Gasteiger charge is -2.06. The van der Waals surface area contributed by atoms with Crippen LogP contribution in [0.15, 0.2) is 42.5 Å². The third-order valence-corrected chi connectivity index (χ3v) is 4.78. The third-order valence-electron chi connectivity index (χ3n) is 4.78. The van der Waals surface area contributed by atoms with Crippen LogP contribution in [0.25, 0.3) is 0 Å². The summed E-state index contributed by atoms with van der Waals surface area (Å²) in [6, 6.07) is 12.9. The molecule has 0 amide bonds. The van der Waals surface area contributed by atoms with E-state index < -0.39 is 11.8 Å². The minimum absolute atomic E-state index is 0.0786. The molecule has 0 radical (unpaired) electrons. The normalized spacial score (nSPS) is 10.5. The number of ether oxygens (including phenoxy) is 1. The van der Waals surface area contributed by atoms with Crippen molar-refractivity contribution in [3.63, 3.8) is 0 Å². The van der Waals surface area contributed by atoms with Crippen LogP contribution in [0.4, 0.5) is 4.39 Å². The fourth-order valence-electron chi connectivity index (χ4n) is 3.09. The maximum atomic E-state index is 13.6. The second-order valence-corrected chi connectivity index (χ2v) is 7.06. The van der Waals surface area contributed by atoms with Gasteiger partial charge in [-0.2, -0.15) is 5.26 Å². The summed E-state index contributed by atoms with van der Waals surface area (Å²) in [5.41, 5.74) is 1.54. The Morgan fingerprint density at radius 1 is 0.964 bits per heavy atom. The number of esters is 1. The highest BCUT2D eigenvalue weighted by molar-refractivity contribution is 5.91. The van der Waals surface area contributed by atoms with Crippen LogP contribution < -0.4 is 4.74 Å². The molecule has 0 aromatic heterocycles. The number of unbranched alkanes of at least 4 members (excludes halogenated alkanes) is 7. The van der Waals surface area contributed by atoms with E-state index in [2.05, 4.69) is 6.92 Å². The quantitative estimate of drug-likeness (QED) is 0.250. The smallest absolute Gasteiger partial charge is 0.343 e. The molecule has 3 nitrogen and oxygen atoms in total. The van der Waals surface area contributed by atoms with Crippen LogP contribution in [0.2, 0.25) is 0 Å². The first kappa shape index (κ1) is 21.6. The zero-order valence-electron chi connectivity index (χ0n) is 16.5. The molecule has 0 aliphatic heterocycles. The minimum Gasteiger partial charge on any atom is -0.423 e. The molecule has 0 unspecified atom stereocenters. The summed E-state index contributed by atoms with van der Waals surface area (Å²) in [5, 5.41) is 8.73. The van der Waals surface area contributed by atoms with Crippen LogP contribution in [0.5, 0.6) is 5.75 Å². The zero-order valence-corrected chi connectivity index (χ0v) is 16.5. The van der Waals surface area contributed by atoms with Gasteiger partial charge in [-0.15, -0.1) is 0 Å². The maximum absolute atomic E-state index is 13.6. The van der Waals surface area contributed by atoms with Crippen molar-refractivity contribution in [2.75, 3.05) is 0 Å². The van der Waals surface area contributed by atoms with Gasteiger partial charge in [0, 0.05) is 6.07 Å². The summed E-state index contributed by atoms with van der Waals surface area (Å²) in [4.78, 5) is 12.2. The van der Waals surface area contributed by atoms with Gasteiger partial charge in [-0.05, 0) is 42.7 Å². The molecule has 0 atom stereocenters. The fourth-order valence-corrected chi connectivity index (χ4v) is 3.09. The number of nitrogens with zero attached hydrogens (tertiary/aromatic N) is 1. The number of halogens is 1. The summed E-state index contributed by atoms with van der Waals surface area (Å²) in [6.45, 7) is 2.23. The fraction of sp³-hybridized carbons (Fsp3) is 0.417. The Bertz CT molecular complexity index is 793. The van der Waals surface area contributed by atoms with E-state index in [1.807, 2.05) is 12.1 Å². The van der Waals surface area contributed by atoms with Crippen molar-refractivity contribution in [1.82, 2.24) is 0 Å². The van der Waals surface area contributed by atoms with Crippen molar-refractivity contribution < 1.29 is 13.9 Å². The van der Waals surface area contributed by atoms with Gasteiger partial charge in [0.05, 0.1) is 11.1 Å². The van der Waals surface area contributed by atoms with Gasteiger partial charge in [-0.1, -0.05) is 64.0 Å². The number of carbonyl (C=O) groups is 1. The van der Waals surface area contributed by atoms with E-state index in [0.29, 0.717) is 5.56 Å². The first-order valence-electron chi connectivity index (χ1n) is 10.1. The highest BCUT2D eigenvalue weighted by Gasteiger charge is 2.10. The largest absolute Gasteiger partial charge is 0.423 e. The molecule has 0 spiro atoms. The second kappa shape index (κ2) is 11.9. The average molecular weight is 381 g/mol. The Hall–Kier alpha value is -2.67. The predicted molar refractivity (Wildman–Crippen MR) is 109 cm³/mol. The molecule has 0 aliphatic rings. The number of benzene rings is 2. The first-order chi connectivity index (χ1) is 13.6. The van der Waals surface area contributed by atoms with E-state index in [4.69, 9.17) is 10.00 Å². The zero-order chi connectivity index (χ0) is 20.2. The lowest BCUT2D eigenvalue weighted by molar-refractivity contribution is 0.0734. The van der Waals surface area contributed by atoms with Crippen LogP contribution in [0, 0.1) is 17.1 Å². The van der Waals surface area contributed by atoms with Crippen molar-refractivity contribution in [2.24, 2.45) is 0 Å². The molecule has 0 fully saturated rings. The molecule has 2 rings (SSSR count). The number of nitriles is 1. The number of aryl methyl sites for hydroxylation is 1. The summed E-state index contributed by atoms with van der Waals surface area (Å²) in [7, 11) is 0. The molecule has 2 aromatic carbocycles. The molecule has 0 saturated heterocycles. The summed E-state index contributed by atoms with van der Waals surface area (Å²) < 4.78 is 18.8. The van der Waals surface area contributed by atoms with E-state index in [1.54, 1.807) is 18.2 Å². The van der Waals surface area contributed by atoms with E-state index in [9.17, 15) is 9.18 Å². The monoisotopic (exact) mass is 381 g/mol. The molecular formula is C24H28FNO2. The molecule has 28 heavy (non-hydrogen) atoms. The van der Waals surface area contributed by atoms with Gasteiger partial charge in [-0.25, -0.2) is 9.18 Å². The molecule has 0 N–H and O–H groups in total. The van der Waals surface area contributed by atoms with Crippen LogP contribution >= 0.6 is 0 Å². The van der Waals surface area contributed by atoms with Crippen molar-refractivity contribution in [1.29, 1.82) is 5.26 Å². The standard InChI is InChI=1S/C24H28FNO2/c1-2-3-4-5-6-7-8-9-10-19-11-13-20(14-12-19)24(27)28-22-16-15-21(18-26)23(25)17-22/h11-17H,2-10H2,1H3. The van der Waals surface area contributed by atoms with Crippen molar-refractivity contribution in [2.45, 2.75) is 64.7 Å². The SMILES string of the molecule is CCCCCCCCCCc1ccc(C(=O)Oc2ccc(C#N)c(F)c2)cc1. The van der Waals surface area contributed by atoms with Gasteiger partial charge >= 0.3 is 5.97 Å². The first-order valence-corrected chi connectivity index (χ1v) is 10.1. The highest BCUT2D eigenvalue weighted by Crippen LogP contribution is 2.18. The van der Waals surface area contributed by atoms with Gasteiger partial charge < -0.3 is 4.74 Å². The van der Waals surface area contributed by atoms with Gasteiger partial charge in [0.1, 0.15) is 17.6 Å². The molecular weight excluding hydrogens is 353 g/mol. The maximum Gasteiger partial charge on any atom is 0.343 e. The van der Waals surface area contributed by atoms with E-state index in [-0.39, 0.29) is 11.3 Å². The molecule has 0 saturated carbocycles. The van der Waals surface area contributed by atoms with Crippen molar-refractivity contribution >= 4 is 5.97 Å².